The molecule has 0 aliphatic carbocycles. The molecule has 9 heteroatoms. The molecule has 5 aromatic carbocycles. The van der Waals surface area contributed by atoms with Gasteiger partial charge < -0.3 is 16.4 Å². The van der Waals surface area contributed by atoms with Crippen molar-refractivity contribution < 1.29 is 0 Å². The molecule has 0 saturated heterocycles. The highest BCUT2D eigenvalue weighted by Gasteiger charge is 2.22. The number of hydrogen-bond donors (Lipinski definition) is 4. The maximum Gasteiger partial charge on any atom is 0.178 e. The number of benzene rings is 5. The summed E-state index contributed by atoms with van der Waals surface area (Å²) in [5.41, 5.74) is 14.0. The van der Waals surface area contributed by atoms with E-state index < -0.39 is 18.0 Å². The van der Waals surface area contributed by atoms with Crippen LogP contribution in [0.5, 0.6) is 0 Å². The maximum atomic E-state index is 6.37. The standard InChI is InChI=1S/C38H31Cl2N7/c39-32-23-33(40)43-38(42-32)44-34(41)26-17-19-27(20-18-26)35-45-36(30-15-7-13-28(21-30)24-9-3-1-4-10-24)47-37(46-35)31-16-8-14-29(22-31)25-11-5-2-6-12-25/h1-23,32,36,38,42-43H,(H2,41,44)(H,45,46,47). The zero-order valence-electron chi connectivity index (χ0n) is 25.2. The van der Waals surface area contributed by atoms with E-state index in [2.05, 4.69) is 93.7 Å². The van der Waals surface area contributed by atoms with Crippen LogP contribution in [0.1, 0.15) is 28.4 Å². The smallest absolute Gasteiger partial charge is 0.178 e. The molecule has 2 heterocycles. The van der Waals surface area contributed by atoms with Crippen LogP contribution in [-0.2, 0) is 0 Å². The molecule has 7 rings (SSSR count). The van der Waals surface area contributed by atoms with Gasteiger partial charge >= 0.3 is 0 Å². The Morgan fingerprint density at radius 2 is 1.21 bits per heavy atom. The fourth-order valence-electron chi connectivity index (χ4n) is 5.51. The van der Waals surface area contributed by atoms with Crippen molar-refractivity contribution in [3.8, 4) is 22.3 Å². The van der Waals surface area contributed by atoms with Crippen molar-refractivity contribution in [3.05, 3.63) is 167 Å². The second-order valence-electron chi connectivity index (χ2n) is 11.1. The molecule has 3 unspecified atom stereocenters. The summed E-state index contributed by atoms with van der Waals surface area (Å²) in [4.78, 5) is 14.7. The Balaban J connectivity index is 1.23. The van der Waals surface area contributed by atoms with Gasteiger partial charge in [-0.05, 0) is 46.0 Å². The number of nitrogens with two attached hydrogens (primary N) is 1. The predicted molar refractivity (Wildman–Crippen MR) is 194 cm³/mol. The van der Waals surface area contributed by atoms with Crippen LogP contribution in [0.3, 0.4) is 0 Å². The van der Waals surface area contributed by atoms with E-state index in [4.69, 9.17) is 38.9 Å². The average Bonchev–Trinajstić information content (AvgIpc) is 3.12. The second-order valence-corrected chi connectivity index (χ2v) is 12.0. The van der Waals surface area contributed by atoms with Crippen molar-refractivity contribution in [2.24, 2.45) is 20.7 Å². The van der Waals surface area contributed by atoms with Crippen LogP contribution in [0.15, 0.2) is 160 Å². The lowest BCUT2D eigenvalue weighted by atomic mass is 10.0. The number of nitrogens with zero attached hydrogens (tertiary/aromatic N) is 3. The molecule has 0 saturated carbocycles. The Kier molecular flexibility index (Phi) is 8.84. The summed E-state index contributed by atoms with van der Waals surface area (Å²) >= 11 is 12.3. The summed E-state index contributed by atoms with van der Waals surface area (Å²) in [6.07, 6.45) is 0.650. The number of nitrogens with one attached hydrogen (secondary N) is 3. The maximum absolute atomic E-state index is 6.37. The molecule has 0 radical (unpaired) electrons. The Labute approximate surface area is 283 Å². The van der Waals surface area contributed by atoms with Crippen molar-refractivity contribution in [3.63, 3.8) is 0 Å². The summed E-state index contributed by atoms with van der Waals surface area (Å²) in [5, 5.41) is 10.00. The molecule has 5 aromatic rings. The fourth-order valence-corrected chi connectivity index (χ4v) is 6.05. The van der Waals surface area contributed by atoms with Gasteiger partial charge in [-0.25, -0.2) is 15.0 Å². The van der Waals surface area contributed by atoms with Crippen LogP contribution in [0.2, 0.25) is 0 Å². The van der Waals surface area contributed by atoms with E-state index >= 15 is 0 Å². The molecule has 3 atom stereocenters. The zero-order chi connectivity index (χ0) is 32.2. The van der Waals surface area contributed by atoms with E-state index in [9.17, 15) is 0 Å². The molecular formula is C38H31Cl2N7. The van der Waals surface area contributed by atoms with Gasteiger partial charge in [-0.2, -0.15) is 0 Å². The molecule has 0 amide bonds. The predicted octanol–water partition coefficient (Wildman–Crippen LogP) is 7.34. The van der Waals surface area contributed by atoms with Crippen LogP contribution in [0, 0.1) is 0 Å². The van der Waals surface area contributed by atoms with Crippen LogP contribution in [0.25, 0.3) is 22.3 Å². The van der Waals surface area contributed by atoms with Gasteiger partial charge in [0.15, 0.2) is 12.5 Å². The summed E-state index contributed by atoms with van der Waals surface area (Å²) < 4.78 is 0. The molecule has 0 bridgehead atoms. The van der Waals surface area contributed by atoms with Crippen LogP contribution in [0.4, 0.5) is 0 Å². The Bertz CT molecular complexity index is 2010. The summed E-state index contributed by atoms with van der Waals surface area (Å²) in [7, 11) is 0. The van der Waals surface area contributed by atoms with E-state index in [-0.39, 0.29) is 0 Å². The Hall–Kier alpha value is -5.21. The van der Waals surface area contributed by atoms with Crippen molar-refractivity contribution >= 4 is 40.7 Å². The average molecular weight is 657 g/mol. The van der Waals surface area contributed by atoms with Gasteiger partial charge in [0.25, 0.3) is 0 Å². The largest absolute Gasteiger partial charge is 0.383 e. The first-order chi connectivity index (χ1) is 23.0. The fraction of sp³-hybridized carbons (Fsp3) is 0.0789. The highest BCUT2D eigenvalue weighted by Crippen LogP contribution is 2.29. The molecule has 47 heavy (non-hydrogen) atoms. The summed E-state index contributed by atoms with van der Waals surface area (Å²) in [6, 6.07) is 45.2. The van der Waals surface area contributed by atoms with Crippen LogP contribution in [-0.4, -0.2) is 29.3 Å². The Morgan fingerprint density at radius 1 is 0.638 bits per heavy atom. The van der Waals surface area contributed by atoms with Crippen molar-refractivity contribution in [2.75, 3.05) is 0 Å². The van der Waals surface area contributed by atoms with Gasteiger partial charge in [0.1, 0.15) is 28.2 Å². The van der Waals surface area contributed by atoms with Gasteiger partial charge in [0.2, 0.25) is 0 Å². The van der Waals surface area contributed by atoms with Gasteiger partial charge in [0, 0.05) is 16.7 Å². The monoisotopic (exact) mass is 655 g/mol. The van der Waals surface area contributed by atoms with Crippen LogP contribution < -0.4 is 21.7 Å². The Morgan fingerprint density at radius 3 is 1.87 bits per heavy atom. The number of halogens is 2. The minimum atomic E-state index is -0.545. The SMILES string of the molecule is NC(=NC1NC(Cl)=CC(Cl)N1)c1ccc(C2=NC(c3cccc(-c4ccccc4)c3)N=C(c3cccc(-c4ccccc4)c3)N2)cc1. The third kappa shape index (κ3) is 7.13. The zero-order valence-corrected chi connectivity index (χ0v) is 26.7. The molecule has 5 N–H and O–H groups in total. The molecule has 0 spiro atoms. The highest BCUT2D eigenvalue weighted by molar-refractivity contribution is 6.30. The third-order valence-electron chi connectivity index (χ3n) is 7.88. The lowest BCUT2D eigenvalue weighted by Gasteiger charge is -2.24. The number of rotatable bonds is 7. The lowest BCUT2D eigenvalue weighted by molar-refractivity contribution is 0.471. The third-order valence-corrected chi connectivity index (χ3v) is 8.37. The molecule has 2 aliphatic heterocycles. The minimum Gasteiger partial charge on any atom is -0.383 e. The highest BCUT2D eigenvalue weighted by atomic mass is 35.5. The van der Waals surface area contributed by atoms with Crippen molar-refractivity contribution in [1.82, 2.24) is 16.0 Å². The first kappa shape index (κ1) is 30.4. The van der Waals surface area contributed by atoms with Gasteiger partial charge in [0.05, 0.1) is 0 Å². The summed E-state index contributed by atoms with van der Waals surface area (Å²) in [6.45, 7) is 0. The molecule has 0 fully saturated rings. The first-order valence-electron chi connectivity index (χ1n) is 15.2. The van der Waals surface area contributed by atoms with Crippen LogP contribution >= 0.6 is 23.2 Å². The van der Waals surface area contributed by atoms with E-state index in [1.807, 2.05) is 60.7 Å². The van der Waals surface area contributed by atoms with E-state index in [0.29, 0.717) is 16.8 Å². The molecular weight excluding hydrogens is 625 g/mol. The molecule has 7 nitrogen and oxygen atoms in total. The second kappa shape index (κ2) is 13.6. The van der Waals surface area contributed by atoms with E-state index in [1.165, 1.54) is 0 Å². The number of amidine groups is 3. The number of hydrogen-bond acceptors (Lipinski definition) is 6. The first-order valence-corrected chi connectivity index (χ1v) is 16.0. The minimum absolute atomic E-state index is 0.339. The summed E-state index contributed by atoms with van der Waals surface area (Å²) in [5.74, 6) is 1.78. The quantitative estimate of drug-likeness (QED) is 0.0638. The lowest BCUT2D eigenvalue weighted by Crippen LogP contribution is -2.47. The van der Waals surface area contributed by atoms with E-state index in [0.717, 1.165) is 50.3 Å². The molecule has 232 valence electrons. The normalized spacial score (nSPS) is 19.5. The van der Waals surface area contributed by atoms with Crippen molar-refractivity contribution in [2.45, 2.75) is 18.0 Å². The van der Waals surface area contributed by atoms with E-state index in [1.54, 1.807) is 6.08 Å². The van der Waals surface area contributed by atoms with Crippen molar-refractivity contribution in [1.29, 1.82) is 0 Å². The topological polar surface area (TPSA) is 99.2 Å². The number of alkyl halides is 1. The van der Waals surface area contributed by atoms with Gasteiger partial charge in [-0.15, -0.1) is 11.6 Å². The molecule has 0 aromatic heterocycles. The number of aliphatic imine (C=N–C) groups is 3. The molecule has 2 aliphatic rings. The van der Waals surface area contributed by atoms with Gasteiger partial charge in [-0.1, -0.05) is 133 Å². The van der Waals surface area contributed by atoms with Gasteiger partial charge in [-0.3, -0.25) is 5.32 Å².